The molecular weight excluding hydrogens is 228 g/mol. The van der Waals surface area contributed by atoms with Crippen LogP contribution in [0.4, 0.5) is 0 Å². The molecule has 1 aromatic carbocycles. The van der Waals surface area contributed by atoms with Crippen LogP contribution in [0.5, 0.6) is 11.5 Å². The van der Waals surface area contributed by atoms with E-state index in [0.29, 0.717) is 5.75 Å². The number of rotatable bonds is 6. The smallest absolute Gasteiger partial charge is 0.335 e. The minimum absolute atomic E-state index is 0.0805. The monoisotopic (exact) mass is 242 g/mol. The van der Waals surface area contributed by atoms with Crippen molar-refractivity contribution in [1.29, 1.82) is 0 Å². The molecule has 0 saturated carbocycles. The zero-order valence-corrected chi connectivity index (χ0v) is 9.29. The van der Waals surface area contributed by atoms with Crippen molar-refractivity contribution in [3.05, 3.63) is 23.8 Å². The molecule has 0 heterocycles. The van der Waals surface area contributed by atoms with Crippen molar-refractivity contribution < 1.29 is 29.6 Å². The zero-order chi connectivity index (χ0) is 12.8. The van der Waals surface area contributed by atoms with Crippen LogP contribution in [-0.2, 0) is 0 Å². The van der Waals surface area contributed by atoms with E-state index < -0.39 is 18.7 Å². The average molecular weight is 242 g/mol. The molecule has 0 saturated heterocycles. The van der Waals surface area contributed by atoms with Gasteiger partial charge in [0.1, 0.15) is 12.7 Å². The molecule has 0 aliphatic rings. The maximum absolute atomic E-state index is 10.7. The Bertz CT molecular complexity index is 390. The standard InChI is InChI=1S/C11H14O6/c1-16-10-4-7(11(14)15)2-3-9(10)17-6-8(13)5-12/h2-4,8,12-13H,5-6H2,1H3,(H,14,15)/t8-/m0/s1. The van der Waals surface area contributed by atoms with Crippen molar-refractivity contribution in [2.24, 2.45) is 0 Å². The lowest BCUT2D eigenvalue weighted by Crippen LogP contribution is -2.21. The minimum Gasteiger partial charge on any atom is -0.493 e. The molecule has 6 nitrogen and oxygen atoms in total. The van der Waals surface area contributed by atoms with Gasteiger partial charge in [0.2, 0.25) is 0 Å². The predicted molar refractivity (Wildman–Crippen MR) is 58.5 cm³/mol. The summed E-state index contributed by atoms with van der Waals surface area (Å²) in [6, 6.07) is 4.13. The van der Waals surface area contributed by atoms with Crippen molar-refractivity contribution in [3.8, 4) is 11.5 Å². The first-order valence-corrected chi connectivity index (χ1v) is 4.91. The number of aliphatic hydroxyl groups excluding tert-OH is 2. The van der Waals surface area contributed by atoms with Crippen molar-refractivity contribution in [1.82, 2.24) is 0 Å². The van der Waals surface area contributed by atoms with Gasteiger partial charge in [-0.25, -0.2) is 4.79 Å². The molecule has 0 aliphatic heterocycles. The summed E-state index contributed by atoms with van der Waals surface area (Å²) in [6.45, 7) is -0.505. The van der Waals surface area contributed by atoms with Crippen LogP contribution in [0.2, 0.25) is 0 Å². The van der Waals surface area contributed by atoms with Gasteiger partial charge in [0, 0.05) is 0 Å². The predicted octanol–water partition coefficient (Wildman–Crippen LogP) is 0.125. The lowest BCUT2D eigenvalue weighted by molar-refractivity contribution is 0.0527. The second-order valence-electron chi connectivity index (χ2n) is 3.32. The van der Waals surface area contributed by atoms with Gasteiger partial charge in [-0.15, -0.1) is 0 Å². The summed E-state index contributed by atoms with van der Waals surface area (Å²) in [6.07, 6.45) is -0.987. The molecule has 1 rings (SSSR count). The second kappa shape index (κ2) is 6.07. The van der Waals surface area contributed by atoms with Crippen molar-refractivity contribution in [3.63, 3.8) is 0 Å². The van der Waals surface area contributed by atoms with Gasteiger partial charge in [-0.1, -0.05) is 0 Å². The van der Waals surface area contributed by atoms with Gasteiger partial charge in [-0.05, 0) is 18.2 Å². The maximum atomic E-state index is 10.7. The number of aromatic carboxylic acids is 1. The first-order chi connectivity index (χ1) is 8.08. The van der Waals surface area contributed by atoms with Crippen LogP contribution in [0.15, 0.2) is 18.2 Å². The lowest BCUT2D eigenvalue weighted by atomic mass is 10.2. The summed E-state index contributed by atoms with van der Waals surface area (Å²) in [5, 5.41) is 26.5. The Morgan fingerprint density at radius 1 is 1.41 bits per heavy atom. The Morgan fingerprint density at radius 2 is 2.12 bits per heavy atom. The van der Waals surface area contributed by atoms with Crippen LogP contribution in [0, 0.1) is 0 Å². The third-order valence-electron chi connectivity index (χ3n) is 2.05. The van der Waals surface area contributed by atoms with E-state index in [9.17, 15) is 4.79 Å². The third kappa shape index (κ3) is 3.61. The molecule has 0 bridgehead atoms. The highest BCUT2D eigenvalue weighted by molar-refractivity contribution is 5.88. The highest BCUT2D eigenvalue weighted by Gasteiger charge is 2.11. The summed E-state index contributed by atoms with van der Waals surface area (Å²) in [7, 11) is 1.39. The number of hydrogen-bond acceptors (Lipinski definition) is 5. The van der Waals surface area contributed by atoms with E-state index in [2.05, 4.69) is 0 Å². The Balaban J connectivity index is 2.82. The number of aliphatic hydroxyl groups is 2. The Kier molecular flexibility index (Phi) is 4.74. The van der Waals surface area contributed by atoms with E-state index >= 15 is 0 Å². The van der Waals surface area contributed by atoms with Crippen LogP contribution in [0.3, 0.4) is 0 Å². The van der Waals surface area contributed by atoms with Gasteiger partial charge in [-0.3, -0.25) is 0 Å². The first-order valence-electron chi connectivity index (χ1n) is 4.91. The quantitative estimate of drug-likeness (QED) is 0.656. The molecule has 0 radical (unpaired) electrons. The molecule has 0 spiro atoms. The van der Waals surface area contributed by atoms with Crippen molar-refractivity contribution in [2.45, 2.75) is 6.10 Å². The lowest BCUT2D eigenvalue weighted by Gasteiger charge is -2.13. The van der Waals surface area contributed by atoms with E-state index in [1.165, 1.54) is 25.3 Å². The van der Waals surface area contributed by atoms with Crippen LogP contribution in [-0.4, -0.2) is 47.7 Å². The molecule has 17 heavy (non-hydrogen) atoms. The molecule has 0 fully saturated rings. The van der Waals surface area contributed by atoms with Gasteiger partial charge in [-0.2, -0.15) is 0 Å². The minimum atomic E-state index is -1.06. The van der Waals surface area contributed by atoms with E-state index in [1.807, 2.05) is 0 Å². The normalized spacial score (nSPS) is 11.9. The second-order valence-corrected chi connectivity index (χ2v) is 3.32. The molecule has 0 amide bonds. The van der Waals surface area contributed by atoms with Gasteiger partial charge in [0.15, 0.2) is 11.5 Å². The van der Waals surface area contributed by atoms with Crippen LogP contribution in [0.25, 0.3) is 0 Å². The maximum Gasteiger partial charge on any atom is 0.335 e. The number of carbonyl (C=O) groups is 1. The first kappa shape index (κ1) is 13.3. The molecule has 1 atom stereocenters. The number of methoxy groups -OCH3 is 1. The largest absolute Gasteiger partial charge is 0.493 e. The van der Waals surface area contributed by atoms with Gasteiger partial charge >= 0.3 is 5.97 Å². The number of hydrogen-bond donors (Lipinski definition) is 3. The Morgan fingerprint density at radius 3 is 2.65 bits per heavy atom. The van der Waals surface area contributed by atoms with E-state index in [4.69, 9.17) is 24.8 Å². The summed E-state index contributed by atoms with van der Waals surface area (Å²) in [5.41, 5.74) is 0.0805. The molecule has 0 aliphatic carbocycles. The van der Waals surface area contributed by atoms with E-state index in [0.717, 1.165) is 0 Å². The number of carboxylic acid groups (broad SMARTS) is 1. The summed E-state index contributed by atoms with van der Waals surface area (Å²) < 4.78 is 10.2. The number of benzene rings is 1. The Labute approximate surface area is 98.0 Å². The molecule has 1 aromatic rings. The SMILES string of the molecule is COc1cc(C(=O)O)ccc1OC[C@@H](O)CO. The topological polar surface area (TPSA) is 96.2 Å². The number of ether oxygens (including phenoxy) is 2. The van der Waals surface area contributed by atoms with Crippen molar-refractivity contribution >= 4 is 5.97 Å². The molecule has 0 unspecified atom stereocenters. The van der Waals surface area contributed by atoms with Crippen LogP contribution < -0.4 is 9.47 Å². The highest BCUT2D eigenvalue weighted by Crippen LogP contribution is 2.28. The van der Waals surface area contributed by atoms with Gasteiger partial charge in [0.05, 0.1) is 19.3 Å². The molecule has 6 heteroatoms. The average Bonchev–Trinajstić information content (AvgIpc) is 2.35. The summed E-state index contributed by atoms with van der Waals surface area (Å²) >= 11 is 0. The fourth-order valence-electron chi connectivity index (χ4n) is 1.16. The van der Waals surface area contributed by atoms with Crippen LogP contribution >= 0.6 is 0 Å². The van der Waals surface area contributed by atoms with Crippen molar-refractivity contribution in [2.75, 3.05) is 20.3 Å². The Hall–Kier alpha value is -1.79. The molecular formula is C11H14O6. The van der Waals surface area contributed by atoms with E-state index in [-0.39, 0.29) is 17.9 Å². The third-order valence-corrected chi connectivity index (χ3v) is 2.05. The molecule has 0 aromatic heterocycles. The zero-order valence-electron chi connectivity index (χ0n) is 9.29. The summed E-state index contributed by atoms with van der Waals surface area (Å²) in [4.78, 5) is 10.7. The van der Waals surface area contributed by atoms with E-state index in [1.54, 1.807) is 0 Å². The van der Waals surface area contributed by atoms with Crippen LogP contribution in [0.1, 0.15) is 10.4 Å². The fraction of sp³-hybridized carbons (Fsp3) is 0.364. The highest BCUT2D eigenvalue weighted by atomic mass is 16.5. The molecule has 94 valence electrons. The van der Waals surface area contributed by atoms with Gasteiger partial charge < -0.3 is 24.8 Å². The van der Waals surface area contributed by atoms with Gasteiger partial charge in [0.25, 0.3) is 0 Å². The molecule has 3 N–H and O–H groups in total. The summed E-state index contributed by atoms with van der Waals surface area (Å²) in [5.74, 6) is -0.495. The number of carboxylic acids is 1. The fourth-order valence-corrected chi connectivity index (χ4v) is 1.16.